The first kappa shape index (κ1) is 10.8. The van der Waals surface area contributed by atoms with Crippen LogP contribution in [0.3, 0.4) is 0 Å². The molecule has 0 bridgehead atoms. The lowest BCUT2D eigenvalue weighted by Gasteiger charge is -2.35. The highest BCUT2D eigenvalue weighted by molar-refractivity contribution is 5.46. The van der Waals surface area contributed by atoms with E-state index in [0.717, 1.165) is 5.82 Å². The summed E-state index contributed by atoms with van der Waals surface area (Å²) >= 11 is 0. The number of nitrogens with two attached hydrogens (primary N) is 1. The molecule has 2 N–H and O–H groups in total. The molecular formula is C14H19N3. The Morgan fingerprint density at radius 1 is 1.24 bits per heavy atom. The fraction of sp³-hybridized carbons (Fsp3) is 0.500. The van der Waals surface area contributed by atoms with Gasteiger partial charge in [-0.3, -0.25) is 0 Å². The Labute approximate surface area is 102 Å². The van der Waals surface area contributed by atoms with E-state index >= 15 is 0 Å². The molecule has 1 fully saturated rings. The molecule has 3 nitrogen and oxygen atoms in total. The molecule has 0 amide bonds. The van der Waals surface area contributed by atoms with Gasteiger partial charge in [0.15, 0.2) is 0 Å². The first-order valence-electron chi connectivity index (χ1n) is 6.48. The van der Waals surface area contributed by atoms with Crippen LogP contribution in [0.1, 0.15) is 37.9 Å². The Kier molecular flexibility index (Phi) is 2.63. The van der Waals surface area contributed by atoms with Crippen molar-refractivity contribution in [2.45, 2.75) is 37.5 Å². The molecule has 2 aromatic heterocycles. The fourth-order valence-electron chi connectivity index (χ4n) is 3.08. The second-order valence-electron chi connectivity index (χ2n) is 5.12. The van der Waals surface area contributed by atoms with Gasteiger partial charge in [0.25, 0.3) is 0 Å². The largest absolute Gasteiger partial charge is 0.329 e. The van der Waals surface area contributed by atoms with Crippen LogP contribution in [-0.2, 0) is 5.41 Å². The molecule has 0 unspecified atom stereocenters. The highest BCUT2D eigenvalue weighted by Crippen LogP contribution is 2.37. The first-order valence-corrected chi connectivity index (χ1v) is 6.48. The highest BCUT2D eigenvalue weighted by Gasteiger charge is 2.35. The number of rotatable bonds is 2. The number of imidazole rings is 1. The van der Waals surface area contributed by atoms with Crippen molar-refractivity contribution < 1.29 is 0 Å². The van der Waals surface area contributed by atoms with Crippen molar-refractivity contribution in [3.05, 3.63) is 36.4 Å². The Morgan fingerprint density at radius 3 is 2.82 bits per heavy atom. The van der Waals surface area contributed by atoms with Gasteiger partial charge in [-0.1, -0.05) is 25.3 Å². The zero-order valence-corrected chi connectivity index (χ0v) is 10.1. The average Bonchev–Trinajstić information content (AvgIpc) is 2.84. The molecule has 0 aromatic carbocycles. The number of nitrogens with zero attached hydrogens (tertiary/aromatic N) is 2. The van der Waals surface area contributed by atoms with Gasteiger partial charge in [-0.15, -0.1) is 0 Å². The van der Waals surface area contributed by atoms with Crippen LogP contribution in [0.2, 0.25) is 0 Å². The van der Waals surface area contributed by atoms with Crippen molar-refractivity contribution in [2.75, 3.05) is 6.54 Å². The molecule has 90 valence electrons. The maximum Gasteiger partial charge on any atom is 0.120 e. The summed E-state index contributed by atoms with van der Waals surface area (Å²) in [6.45, 7) is 0.709. The van der Waals surface area contributed by atoms with Crippen LogP contribution in [0.5, 0.6) is 0 Å². The third-order valence-electron chi connectivity index (χ3n) is 4.11. The van der Waals surface area contributed by atoms with E-state index in [0.29, 0.717) is 6.54 Å². The molecule has 0 saturated heterocycles. The fourth-order valence-corrected chi connectivity index (χ4v) is 3.08. The van der Waals surface area contributed by atoms with Crippen LogP contribution in [0.15, 0.2) is 30.6 Å². The Balaban J connectivity index is 2.12. The predicted molar refractivity (Wildman–Crippen MR) is 69.0 cm³/mol. The van der Waals surface area contributed by atoms with Crippen LogP contribution < -0.4 is 5.73 Å². The van der Waals surface area contributed by atoms with Gasteiger partial charge in [-0.05, 0) is 25.0 Å². The van der Waals surface area contributed by atoms with E-state index < -0.39 is 0 Å². The standard InChI is InChI=1S/C14H19N3/c15-11-14(7-3-1-4-8-14)13-16-10-12-6-2-5-9-17(12)13/h2,5-6,9-10H,1,3-4,7-8,11,15H2. The van der Waals surface area contributed by atoms with Gasteiger partial charge in [0, 0.05) is 18.2 Å². The lowest BCUT2D eigenvalue weighted by Crippen LogP contribution is -2.38. The topological polar surface area (TPSA) is 43.3 Å². The van der Waals surface area contributed by atoms with E-state index in [-0.39, 0.29) is 5.41 Å². The summed E-state index contributed by atoms with van der Waals surface area (Å²) in [5, 5.41) is 0. The SMILES string of the molecule is NCC1(c2ncc3ccccn23)CCCCC1. The van der Waals surface area contributed by atoms with Crippen molar-refractivity contribution in [3.63, 3.8) is 0 Å². The molecule has 0 atom stereocenters. The summed E-state index contributed by atoms with van der Waals surface area (Å²) in [4.78, 5) is 4.64. The van der Waals surface area contributed by atoms with Crippen LogP contribution in [0, 0.1) is 0 Å². The second-order valence-corrected chi connectivity index (χ2v) is 5.12. The Morgan fingerprint density at radius 2 is 2.06 bits per heavy atom. The summed E-state index contributed by atoms with van der Waals surface area (Å²) in [6, 6.07) is 6.21. The number of fused-ring (bicyclic) bond motifs is 1. The van der Waals surface area contributed by atoms with E-state index in [1.54, 1.807) is 0 Å². The van der Waals surface area contributed by atoms with E-state index in [9.17, 15) is 0 Å². The third-order valence-corrected chi connectivity index (χ3v) is 4.11. The minimum atomic E-state index is 0.103. The van der Waals surface area contributed by atoms with Crippen LogP contribution in [0.25, 0.3) is 5.52 Å². The molecule has 1 saturated carbocycles. The Bertz CT molecular complexity index is 509. The molecule has 3 heteroatoms. The van der Waals surface area contributed by atoms with Gasteiger partial charge in [-0.25, -0.2) is 4.98 Å². The molecule has 2 heterocycles. The maximum absolute atomic E-state index is 6.07. The predicted octanol–water partition coefficient (Wildman–Crippen LogP) is 2.49. The summed E-state index contributed by atoms with van der Waals surface area (Å²) in [5.41, 5.74) is 7.34. The molecule has 1 aliphatic carbocycles. The van der Waals surface area contributed by atoms with Gasteiger partial charge in [0.2, 0.25) is 0 Å². The summed E-state index contributed by atoms with van der Waals surface area (Å²) in [7, 11) is 0. The molecular weight excluding hydrogens is 210 g/mol. The van der Waals surface area contributed by atoms with E-state index in [2.05, 4.69) is 33.8 Å². The van der Waals surface area contributed by atoms with Crippen molar-refractivity contribution in [1.82, 2.24) is 9.38 Å². The van der Waals surface area contributed by atoms with Gasteiger partial charge in [0.1, 0.15) is 5.82 Å². The third kappa shape index (κ3) is 1.65. The van der Waals surface area contributed by atoms with Crippen molar-refractivity contribution >= 4 is 5.52 Å². The first-order chi connectivity index (χ1) is 8.36. The summed E-state index contributed by atoms with van der Waals surface area (Å²) < 4.78 is 2.21. The molecule has 2 aromatic rings. The van der Waals surface area contributed by atoms with Crippen LogP contribution in [-0.4, -0.2) is 15.9 Å². The molecule has 0 radical (unpaired) electrons. The zero-order chi connectivity index (χ0) is 11.7. The van der Waals surface area contributed by atoms with Crippen molar-refractivity contribution in [2.24, 2.45) is 5.73 Å². The highest BCUT2D eigenvalue weighted by atomic mass is 15.0. The normalized spacial score (nSPS) is 19.6. The smallest absolute Gasteiger partial charge is 0.120 e. The van der Waals surface area contributed by atoms with Gasteiger partial charge < -0.3 is 10.1 Å². The molecule has 1 aliphatic rings. The van der Waals surface area contributed by atoms with Crippen LogP contribution in [0.4, 0.5) is 0 Å². The minimum absolute atomic E-state index is 0.103. The second kappa shape index (κ2) is 4.15. The molecule has 17 heavy (non-hydrogen) atoms. The lowest BCUT2D eigenvalue weighted by atomic mass is 9.73. The van der Waals surface area contributed by atoms with E-state index in [1.807, 2.05) is 6.20 Å². The molecule has 3 rings (SSSR count). The average molecular weight is 229 g/mol. The minimum Gasteiger partial charge on any atom is -0.329 e. The molecule has 0 spiro atoms. The lowest BCUT2D eigenvalue weighted by molar-refractivity contribution is 0.285. The van der Waals surface area contributed by atoms with Gasteiger partial charge in [-0.2, -0.15) is 0 Å². The van der Waals surface area contributed by atoms with E-state index in [4.69, 9.17) is 5.73 Å². The van der Waals surface area contributed by atoms with Crippen molar-refractivity contribution in [3.8, 4) is 0 Å². The summed E-state index contributed by atoms with van der Waals surface area (Å²) in [5.74, 6) is 1.16. The van der Waals surface area contributed by atoms with E-state index in [1.165, 1.54) is 37.6 Å². The van der Waals surface area contributed by atoms with Gasteiger partial charge in [0.05, 0.1) is 11.7 Å². The van der Waals surface area contributed by atoms with Gasteiger partial charge >= 0.3 is 0 Å². The van der Waals surface area contributed by atoms with Crippen molar-refractivity contribution in [1.29, 1.82) is 0 Å². The monoisotopic (exact) mass is 229 g/mol. The Hall–Kier alpha value is -1.35. The summed E-state index contributed by atoms with van der Waals surface area (Å²) in [6.07, 6.45) is 10.3. The molecule has 0 aliphatic heterocycles. The number of pyridine rings is 1. The quantitative estimate of drug-likeness (QED) is 0.859. The number of hydrogen-bond donors (Lipinski definition) is 1. The number of aromatic nitrogens is 2. The van der Waals surface area contributed by atoms with Crippen LogP contribution >= 0.6 is 0 Å². The number of hydrogen-bond acceptors (Lipinski definition) is 2. The zero-order valence-electron chi connectivity index (χ0n) is 10.1. The maximum atomic E-state index is 6.07.